The fourth-order valence-corrected chi connectivity index (χ4v) is 15.9. The number of nitrogens with zero attached hydrogens (tertiary/aromatic N) is 12. The van der Waals surface area contributed by atoms with Gasteiger partial charge in [-0.15, -0.1) is 0 Å². The Kier molecular flexibility index (Phi) is 43.2. The molecule has 776 valence electrons. The van der Waals surface area contributed by atoms with Gasteiger partial charge in [-0.3, -0.25) is 19.2 Å². The molecule has 0 atom stereocenters. The van der Waals surface area contributed by atoms with E-state index in [1.807, 2.05) is 83.1 Å². The zero-order valence-electron chi connectivity index (χ0n) is 87.9. The van der Waals surface area contributed by atoms with E-state index in [1.54, 1.807) is 21.5 Å². The zero-order valence-corrected chi connectivity index (χ0v) is 91.2. The summed E-state index contributed by atoms with van der Waals surface area (Å²) in [5, 5.41) is 25.6. The van der Waals surface area contributed by atoms with Crippen molar-refractivity contribution in [3.63, 3.8) is 0 Å². The van der Waals surface area contributed by atoms with E-state index in [1.165, 1.54) is 102 Å². The second-order valence-electron chi connectivity index (χ2n) is 37.0. The van der Waals surface area contributed by atoms with Crippen molar-refractivity contribution in [3.05, 3.63) is 173 Å². The van der Waals surface area contributed by atoms with E-state index in [-0.39, 0.29) is 126 Å². The number of amides is 4. The molecule has 4 aromatic carbocycles. The molecule has 0 radical (unpaired) electrons. The van der Waals surface area contributed by atoms with Gasteiger partial charge in [0.05, 0.1) is 70.1 Å². The van der Waals surface area contributed by atoms with E-state index < -0.39 is 23.6 Å². The normalized spacial score (nSPS) is 11.2. The van der Waals surface area contributed by atoms with Crippen LogP contribution in [0.4, 0.5) is 22.7 Å². The number of aromatic nitrogens is 12. The molecule has 0 bridgehead atoms. The van der Waals surface area contributed by atoms with Crippen LogP contribution < -0.4 is 98.2 Å². The largest absolute Gasteiger partial charge is 0.479 e. The second-order valence-corrected chi connectivity index (χ2v) is 40.3. The van der Waals surface area contributed by atoms with Crippen LogP contribution in [0.15, 0.2) is 94.3 Å². The van der Waals surface area contributed by atoms with Crippen LogP contribution in [0.1, 0.15) is 260 Å². The van der Waals surface area contributed by atoms with Gasteiger partial charge in [-0.05, 0) is 176 Å². The number of aryl methyl sites for hydroxylation is 6. The Labute approximate surface area is 860 Å². The van der Waals surface area contributed by atoms with Crippen molar-refractivity contribution in [1.82, 2.24) is 70.4 Å². The van der Waals surface area contributed by atoms with Gasteiger partial charge in [-0.1, -0.05) is 224 Å². The third-order valence-corrected chi connectivity index (χ3v) is 24.6. The minimum Gasteiger partial charge on any atom is -0.479 e. The lowest BCUT2D eigenvalue weighted by molar-refractivity contribution is 0.101. The fraction of sp³-hybridized carbons (Fsp3) is 0.462. The Morgan fingerprint density at radius 3 is 0.771 bits per heavy atom. The molecule has 8 heterocycles. The van der Waals surface area contributed by atoms with Gasteiger partial charge in [0.15, 0.2) is 22.7 Å². The van der Waals surface area contributed by atoms with E-state index in [0.717, 1.165) is 122 Å². The van der Waals surface area contributed by atoms with Crippen LogP contribution in [0.2, 0.25) is 0 Å². The Hall–Kier alpha value is -13.3. The SMILES string of the molecule is CCCCCc1nc(OC)c(NC(=O)c2csc(Oc3cc(C(C)(C)C)ccc3C)n2)c(OC)n1.CCCCOc1nc(OC)c(NC(=O)c2csc(Oc3cc(C(C)(C)C)ccc3C)n2)c(OC)n1.CCNCCCCc1nc(OC)c(NC(=O)c2csc(Oc3cc(C(C)(C)C)ccc3C)n2)c(OC)n1.CCNCCCOc1nc(OC)c(NC(=O)c2csc(Oc3cc(C(C)(C)C)ccc3C)n2)c(OC)n1. The molecular formula is C104H138N18O18S4. The summed E-state index contributed by atoms with van der Waals surface area (Å²) in [5.41, 5.74) is 10.2. The minimum atomic E-state index is -0.481. The van der Waals surface area contributed by atoms with Crippen molar-refractivity contribution < 1.29 is 85.5 Å². The number of nitrogens with one attached hydrogen (secondary N) is 6. The van der Waals surface area contributed by atoms with Crippen LogP contribution in [0, 0.1) is 27.7 Å². The maximum Gasteiger partial charge on any atom is 0.323 e. The van der Waals surface area contributed by atoms with Crippen LogP contribution >= 0.6 is 45.3 Å². The maximum absolute atomic E-state index is 13.0. The molecule has 4 amide bonds. The molecule has 0 saturated carbocycles. The molecular weight excluding hydrogens is 1920 g/mol. The van der Waals surface area contributed by atoms with E-state index in [2.05, 4.69) is 220 Å². The first-order valence-corrected chi connectivity index (χ1v) is 51.0. The van der Waals surface area contributed by atoms with E-state index in [9.17, 15) is 19.2 Å². The van der Waals surface area contributed by atoms with Crippen LogP contribution in [0.25, 0.3) is 0 Å². The predicted molar refractivity (Wildman–Crippen MR) is 564 cm³/mol. The van der Waals surface area contributed by atoms with Crippen LogP contribution in [-0.4, -0.2) is 180 Å². The van der Waals surface area contributed by atoms with E-state index >= 15 is 0 Å². The van der Waals surface area contributed by atoms with Crippen molar-refractivity contribution in [2.75, 3.05) is 118 Å². The molecule has 6 N–H and O–H groups in total. The summed E-state index contributed by atoms with van der Waals surface area (Å²) in [6, 6.07) is 24.7. The second kappa shape index (κ2) is 54.4. The summed E-state index contributed by atoms with van der Waals surface area (Å²) >= 11 is 4.96. The topological polar surface area (TPSA) is 424 Å². The number of thiazole rings is 4. The summed E-state index contributed by atoms with van der Waals surface area (Å²) in [6.45, 7) is 46.5. The highest BCUT2D eigenvalue weighted by atomic mass is 32.1. The molecule has 0 unspecified atom stereocenters. The van der Waals surface area contributed by atoms with Gasteiger partial charge >= 0.3 is 12.0 Å². The molecule has 0 spiro atoms. The van der Waals surface area contributed by atoms with Gasteiger partial charge < -0.3 is 98.2 Å². The molecule has 0 aliphatic carbocycles. The van der Waals surface area contributed by atoms with Crippen molar-refractivity contribution in [1.29, 1.82) is 0 Å². The molecule has 8 aromatic heterocycles. The summed E-state index contributed by atoms with van der Waals surface area (Å²) < 4.78 is 78.4. The number of hydrogen-bond donors (Lipinski definition) is 6. The Balaban J connectivity index is 0.000000214. The number of benzene rings is 4. The number of methoxy groups -OCH3 is 8. The van der Waals surface area contributed by atoms with Gasteiger partial charge in [-0.25, -0.2) is 0 Å². The monoisotopic (exact) mass is 2050 g/mol. The number of carbonyl (C=O) groups is 4. The molecule has 12 rings (SSSR count). The van der Waals surface area contributed by atoms with E-state index in [4.69, 9.17) is 66.3 Å². The molecule has 40 heteroatoms. The standard InChI is InChI=1S/C27H37N5O4S.C26H35N5O5S.C26H34N4O4S.C25H32N4O5S/c1-8-28-14-10-9-11-21-30-24(34-6)22(25(31-21)35-7)32-23(33)19-16-37-26(29-19)36-20-15-18(27(3,4)5)13-12-17(20)2;1-8-27-12-9-13-35-24-30-22(33-6)20(23(31-24)34-7)29-21(32)18-15-37-25(28-18)36-19-14-17(26(3,4)5)11-10-16(19)2;1-8-9-10-11-20-28-23(32-6)21(24(29-20)33-7)30-22(31)18-15-35-25(27-18)34-19-14-17(26(3,4)5)13-12-16(19)2;1-8-9-12-33-23-28-21(31-6)19(22(29-23)32-7)27-20(30)17-14-35-24(26-17)34-18-13-16(25(3,4)5)11-10-15(18)2/h12-13,15-16,28H,8-11,14H2,1-7H3,(H,32,33);10-11,14-15,27H,8-9,12-13H2,1-7H3,(H,29,32);12-15H,8-11H2,1-7H3,(H,30,31);10-11,13-14H,8-9,12H2,1-7H3,(H,27,30). The number of hydrogen-bond acceptors (Lipinski definition) is 36. The molecule has 0 fully saturated rings. The molecule has 12 aromatic rings. The van der Waals surface area contributed by atoms with Crippen LogP contribution in [0.5, 0.6) is 103 Å². The maximum atomic E-state index is 13.0. The molecule has 36 nitrogen and oxygen atoms in total. The Bertz CT molecular complexity index is 5770. The van der Waals surface area contributed by atoms with Crippen LogP contribution in [0.3, 0.4) is 0 Å². The summed E-state index contributed by atoms with van der Waals surface area (Å²) in [4.78, 5) is 104. The van der Waals surface area contributed by atoms with Crippen molar-refractivity contribution in [2.45, 2.75) is 224 Å². The lowest BCUT2D eigenvalue weighted by Gasteiger charge is -2.20. The van der Waals surface area contributed by atoms with Crippen molar-refractivity contribution in [2.24, 2.45) is 0 Å². The van der Waals surface area contributed by atoms with Crippen LogP contribution in [-0.2, 0) is 34.5 Å². The number of carbonyl (C=O) groups excluding carboxylic acids is 4. The molecule has 144 heavy (non-hydrogen) atoms. The predicted octanol–water partition coefficient (Wildman–Crippen LogP) is 22.6. The first-order valence-electron chi connectivity index (χ1n) is 47.5. The van der Waals surface area contributed by atoms with Gasteiger partial charge in [0.1, 0.15) is 57.4 Å². The first-order chi connectivity index (χ1) is 68.6. The number of ether oxygens (including phenoxy) is 14. The summed E-state index contributed by atoms with van der Waals surface area (Å²) in [7, 11) is 11.7. The lowest BCUT2D eigenvalue weighted by Crippen LogP contribution is -2.17. The quantitative estimate of drug-likeness (QED) is 0.0193. The fourth-order valence-electron chi connectivity index (χ4n) is 13.2. The first kappa shape index (κ1) is 114. The van der Waals surface area contributed by atoms with Crippen molar-refractivity contribution in [3.8, 4) is 103 Å². The van der Waals surface area contributed by atoms with Gasteiger partial charge in [0.25, 0.3) is 44.4 Å². The minimum absolute atomic E-state index is 0.00846. The highest BCUT2D eigenvalue weighted by Crippen LogP contribution is 2.43. The highest BCUT2D eigenvalue weighted by molar-refractivity contribution is 7.12. The number of anilines is 4. The third kappa shape index (κ3) is 33.4. The average molecular weight is 2060 g/mol. The molecule has 0 aliphatic heterocycles. The van der Waals surface area contributed by atoms with Gasteiger partial charge in [0.2, 0.25) is 47.0 Å². The average Bonchev–Trinajstić information content (AvgIpc) is 1.48. The number of rotatable bonds is 44. The lowest BCUT2D eigenvalue weighted by atomic mass is 9.86. The third-order valence-electron chi connectivity index (χ3n) is 21.8. The molecule has 0 aliphatic rings. The van der Waals surface area contributed by atoms with Gasteiger partial charge in [0, 0.05) is 34.4 Å². The summed E-state index contributed by atoms with van der Waals surface area (Å²) in [6.07, 6.45) is 9.09. The zero-order chi connectivity index (χ0) is 105. The van der Waals surface area contributed by atoms with E-state index in [0.29, 0.717) is 81.5 Å². The Morgan fingerprint density at radius 2 is 0.535 bits per heavy atom. The van der Waals surface area contributed by atoms with Gasteiger partial charge in [-0.2, -0.15) is 59.8 Å². The molecule has 0 saturated heterocycles. The Morgan fingerprint density at radius 1 is 0.299 bits per heavy atom. The smallest absolute Gasteiger partial charge is 0.323 e. The highest BCUT2D eigenvalue weighted by Gasteiger charge is 2.30. The summed E-state index contributed by atoms with van der Waals surface area (Å²) in [5.74, 6) is 3.66. The number of unbranched alkanes of at least 4 members (excludes halogenated alkanes) is 4. The van der Waals surface area contributed by atoms with Crippen molar-refractivity contribution >= 4 is 91.7 Å².